The van der Waals surface area contributed by atoms with Crippen molar-refractivity contribution >= 4 is 23.2 Å². The molecule has 0 saturated heterocycles. The molecule has 1 aromatic heterocycles. The zero-order valence-corrected chi connectivity index (χ0v) is 15.5. The number of nitrogens with one attached hydrogen (secondary N) is 2. The normalized spacial score (nSPS) is 11.0. The molecule has 0 atom stereocenters. The van der Waals surface area contributed by atoms with E-state index in [0.29, 0.717) is 12.2 Å². The molecular weight excluding hydrogens is 401 g/mol. The molecule has 0 spiro atoms. The lowest BCUT2D eigenvalue weighted by Crippen LogP contribution is -2.17. The predicted molar refractivity (Wildman–Crippen MR) is 103 cm³/mol. The van der Waals surface area contributed by atoms with Gasteiger partial charge in [0.1, 0.15) is 5.75 Å². The van der Waals surface area contributed by atoms with Gasteiger partial charge in [-0.25, -0.2) is 4.98 Å². The van der Waals surface area contributed by atoms with Crippen LogP contribution in [0.4, 0.5) is 24.5 Å². The number of nitrogens with zero attached hydrogens (tertiary/aromatic N) is 2. The number of aryl methyl sites for hydroxylation is 1. The van der Waals surface area contributed by atoms with E-state index in [-0.39, 0.29) is 23.6 Å². The minimum atomic E-state index is -4.83. The van der Waals surface area contributed by atoms with Gasteiger partial charge < -0.3 is 19.9 Å². The van der Waals surface area contributed by atoms with E-state index in [1.807, 2.05) is 0 Å². The van der Waals surface area contributed by atoms with Gasteiger partial charge in [-0.05, 0) is 30.3 Å². The molecule has 10 heteroatoms. The van der Waals surface area contributed by atoms with E-state index in [1.54, 1.807) is 35.4 Å². The van der Waals surface area contributed by atoms with Crippen LogP contribution >= 0.6 is 0 Å². The maximum Gasteiger partial charge on any atom is 0.573 e. The first-order valence-electron chi connectivity index (χ1n) is 8.81. The summed E-state index contributed by atoms with van der Waals surface area (Å²) < 4.78 is 42.6. The summed E-state index contributed by atoms with van der Waals surface area (Å²) in [6.45, 7) is 0.461. The van der Waals surface area contributed by atoms with Crippen LogP contribution in [-0.2, 0) is 11.3 Å². The molecule has 0 bridgehead atoms. The summed E-state index contributed by atoms with van der Waals surface area (Å²) in [6, 6.07) is 11.2. The van der Waals surface area contributed by atoms with Crippen molar-refractivity contribution in [3.63, 3.8) is 0 Å². The smallest absolute Gasteiger partial charge is 0.406 e. The fourth-order valence-electron chi connectivity index (χ4n) is 2.59. The summed E-state index contributed by atoms with van der Waals surface area (Å²) >= 11 is 0. The number of aromatic nitrogens is 2. The van der Waals surface area contributed by atoms with Crippen molar-refractivity contribution in [2.75, 3.05) is 10.6 Å². The molecule has 0 aliphatic carbocycles. The Bertz CT molecular complexity index is 1020. The number of anilines is 2. The highest BCUT2D eigenvalue weighted by atomic mass is 19.4. The second-order valence-electron chi connectivity index (χ2n) is 6.21. The molecule has 2 amide bonds. The summed E-state index contributed by atoms with van der Waals surface area (Å²) in [7, 11) is 0. The lowest BCUT2D eigenvalue weighted by atomic mass is 10.1. The van der Waals surface area contributed by atoms with Crippen molar-refractivity contribution in [2.45, 2.75) is 19.3 Å². The molecule has 0 aliphatic heterocycles. The van der Waals surface area contributed by atoms with E-state index in [0.717, 1.165) is 12.1 Å². The lowest BCUT2D eigenvalue weighted by molar-refractivity contribution is -0.274. The number of halogens is 3. The maximum absolute atomic E-state index is 12.4. The lowest BCUT2D eigenvalue weighted by Gasteiger charge is -2.11. The van der Waals surface area contributed by atoms with Crippen LogP contribution in [0.2, 0.25) is 0 Å². The first-order valence-corrected chi connectivity index (χ1v) is 8.81. The van der Waals surface area contributed by atoms with Crippen LogP contribution in [0, 0.1) is 0 Å². The van der Waals surface area contributed by atoms with Crippen molar-refractivity contribution in [2.24, 2.45) is 0 Å². The molecule has 2 aromatic carbocycles. The molecule has 0 fully saturated rings. The van der Waals surface area contributed by atoms with Gasteiger partial charge in [-0.2, -0.15) is 0 Å². The third-order valence-electron chi connectivity index (χ3n) is 3.89. The van der Waals surface area contributed by atoms with E-state index >= 15 is 0 Å². The van der Waals surface area contributed by atoms with Gasteiger partial charge in [0.25, 0.3) is 5.91 Å². The van der Waals surface area contributed by atoms with Gasteiger partial charge >= 0.3 is 6.36 Å². The SMILES string of the molecule is O=C(CCn1ccnc1)Nc1cccc(C(=O)Nc2cccc(OC(F)(F)F)c2)c1. The van der Waals surface area contributed by atoms with Crippen LogP contribution < -0.4 is 15.4 Å². The minimum Gasteiger partial charge on any atom is -0.406 e. The monoisotopic (exact) mass is 418 g/mol. The van der Waals surface area contributed by atoms with Crippen molar-refractivity contribution < 1.29 is 27.5 Å². The third kappa shape index (κ3) is 6.36. The second kappa shape index (κ2) is 9.12. The summed E-state index contributed by atoms with van der Waals surface area (Å²) in [6.07, 6.45) is 0.358. The Balaban J connectivity index is 1.60. The average Bonchev–Trinajstić information content (AvgIpc) is 3.19. The van der Waals surface area contributed by atoms with Crippen LogP contribution in [0.15, 0.2) is 67.3 Å². The Morgan fingerprint density at radius 1 is 1.03 bits per heavy atom. The Morgan fingerprint density at radius 2 is 1.77 bits per heavy atom. The zero-order chi connectivity index (χ0) is 21.6. The first-order chi connectivity index (χ1) is 14.3. The fraction of sp³-hybridized carbons (Fsp3) is 0.150. The number of ether oxygens (including phenoxy) is 1. The Kier molecular flexibility index (Phi) is 6.35. The Labute approximate surface area is 169 Å². The Morgan fingerprint density at radius 3 is 2.47 bits per heavy atom. The van der Waals surface area contributed by atoms with E-state index in [9.17, 15) is 22.8 Å². The van der Waals surface area contributed by atoms with Gasteiger partial charge in [-0.15, -0.1) is 13.2 Å². The molecule has 2 N–H and O–H groups in total. The largest absolute Gasteiger partial charge is 0.573 e. The quantitative estimate of drug-likeness (QED) is 0.606. The Hall–Kier alpha value is -3.82. The fourth-order valence-corrected chi connectivity index (χ4v) is 2.59. The molecule has 156 valence electrons. The van der Waals surface area contributed by atoms with Gasteiger partial charge in [0, 0.05) is 48.4 Å². The van der Waals surface area contributed by atoms with Gasteiger partial charge in [0.15, 0.2) is 0 Å². The highest BCUT2D eigenvalue weighted by Crippen LogP contribution is 2.25. The summed E-state index contributed by atoms with van der Waals surface area (Å²) in [5.41, 5.74) is 0.786. The van der Waals surface area contributed by atoms with Crippen molar-refractivity contribution in [3.8, 4) is 5.75 Å². The van der Waals surface area contributed by atoms with Crippen LogP contribution in [0.5, 0.6) is 5.75 Å². The molecule has 30 heavy (non-hydrogen) atoms. The summed E-state index contributed by atoms with van der Waals surface area (Å²) in [5, 5.41) is 5.20. The number of hydrogen-bond donors (Lipinski definition) is 2. The van der Waals surface area contributed by atoms with Gasteiger partial charge in [0.2, 0.25) is 5.91 Å². The molecular formula is C20H17F3N4O3. The number of carbonyl (C=O) groups excluding carboxylic acids is 2. The second-order valence-corrected chi connectivity index (χ2v) is 6.21. The number of amides is 2. The number of rotatable bonds is 7. The van der Waals surface area contributed by atoms with Crippen LogP contribution in [0.3, 0.4) is 0 Å². The number of alkyl halides is 3. The van der Waals surface area contributed by atoms with Crippen LogP contribution in [0.1, 0.15) is 16.8 Å². The highest BCUT2D eigenvalue weighted by molar-refractivity contribution is 6.05. The predicted octanol–water partition coefficient (Wildman–Crippen LogP) is 4.06. The van der Waals surface area contributed by atoms with Gasteiger partial charge in [0.05, 0.1) is 6.33 Å². The maximum atomic E-state index is 12.4. The van der Waals surface area contributed by atoms with Crippen LogP contribution in [-0.4, -0.2) is 27.7 Å². The van der Waals surface area contributed by atoms with Crippen LogP contribution in [0.25, 0.3) is 0 Å². The average molecular weight is 418 g/mol. The standard InChI is InChI=1S/C20H17F3N4O3/c21-20(22,23)30-17-6-2-5-16(12-17)26-19(29)14-3-1-4-15(11-14)25-18(28)7-9-27-10-8-24-13-27/h1-6,8,10-13H,7,9H2,(H,25,28)(H,26,29). The molecule has 3 rings (SSSR count). The molecule has 0 saturated carbocycles. The van der Waals surface area contributed by atoms with E-state index in [4.69, 9.17) is 0 Å². The molecule has 0 radical (unpaired) electrons. The minimum absolute atomic E-state index is 0.136. The first kappa shape index (κ1) is 20.9. The highest BCUT2D eigenvalue weighted by Gasteiger charge is 2.31. The van der Waals surface area contributed by atoms with E-state index in [1.165, 1.54) is 24.3 Å². The number of hydrogen-bond acceptors (Lipinski definition) is 4. The molecule has 0 unspecified atom stereocenters. The van der Waals surface area contributed by atoms with Gasteiger partial charge in [-0.1, -0.05) is 12.1 Å². The summed E-state index contributed by atoms with van der Waals surface area (Å²) in [4.78, 5) is 28.4. The van der Waals surface area contributed by atoms with Crippen molar-refractivity contribution in [1.29, 1.82) is 0 Å². The molecule has 1 heterocycles. The summed E-state index contributed by atoms with van der Waals surface area (Å²) in [5.74, 6) is -1.23. The number of imidazole rings is 1. The van der Waals surface area contributed by atoms with E-state index < -0.39 is 18.0 Å². The van der Waals surface area contributed by atoms with E-state index in [2.05, 4.69) is 20.4 Å². The molecule has 7 nitrogen and oxygen atoms in total. The third-order valence-corrected chi connectivity index (χ3v) is 3.89. The number of carbonyl (C=O) groups is 2. The topological polar surface area (TPSA) is 85.2 Å². The molecule has 0 aliphatic rings. The number of benzene rings is 2. The van der Waals surface area contributed by atoms with Crippen molar-refractivity contribution in [3.05, 3.63) is 72.8 Å². The zero-order valence-electron chi connectivity index (χ0n) is 15.5. The van der Waals surface area contributed by atoms with Gasteiger partial charge in [-0.3, -0.25) is 9.59 Å². The van der Waals surface area contributed by atoms with Crippen molar-refractivity contribution in [1.82, 2.24) is 9.55 Å². The molecule has 3 aromatic rings.